The summed E-state index contributed by atoms with van der Waals surface area (Å²) in [5.41, 5.74) is 6.27. The summed E-state index contributed by atoms with van der Waals surface area (Å²) < 4.78 is 2.10. The number of thioether (sulfide) groups is 1. The van der Waals surface area contributed by atoms with Crippen molar-refractivity contribution in [2.24, 2.45) is 0 Å². The lowest BCUT2D eigenvalue weighted by molar-refractivity contribution is 0.660. The quantitative estimate of drug-likeness (QED) is 0.677. The summed E-state index contributed by atoms with van der Waals surface area (Å²) in [6.07, 6.45) is 6.55. The van der Waals surface area contributed by atoms with Gasteiger partial charge in [-0.1, -0.05) is 17.8 Å². The average Bonchev–Trinajstić information content (AvgIpc) is 3.03. The van der Waals surface area contributed by atoms with Crippen molar-refractivity contribution in [2.75, 3.05) is 0 Å². The second-order valence-electron chi connectivity index (χ2n) is 6.18. The van der Waals surface area contributed by atoms with E-state index in [1.165, 1.54) is 29.8 Å². The molecule has 0 aliphatic heterocycles. The summed E-state index contributed by atoms with van der Waals surface area (Å²) in [5, 5.41) is 10.3. The Bertz CT molecular complexity index is 952. The van der Waals surface area contributed by atoms with Gasteiger partial charge in [-0.25, -0.2) is 9.97 Å². The Labute approximate surface area is 145 Å². The molecule has 5 heteroatoms. The molecule has 0 bridgehead atoms. The maximum atomic E-state index is 9.44. The van der Waals surface area contributed by atoms with Crippen LogP contribution in [0, 0.1) is 18.3 Å². The van der Waals surface area contributed by atoms with E-state index in [1.54, 1.807) is 11.8 Å². The van der Waals surface area contributed by atoms with Gasteiger partial charge in [0.2, 0.25) is 0 Å². The van der Waals surface area contributed by atoms with E-state index >= 15 is 0 Å². The Morgan fingerprint density at radius 1 is 1.25 bits per heavy atom. The van der Waals surface area contributed by atoms with Crippen LogP contribution in [0.3, 0.4) is 0 Å². The molecule has 24 heavy (non-hydrogen) atoms. The molecule has 0 N–H and O–H groups in total. The highest BCUT2D eigenvalue weighted by atomic mass is 32.2. The van der Waals surface area contributed by atoms with Gasteiger partial charge in [0.25, 0.3) is 0 Å². The molecule has 4 nitrogen and oxygen atoms in total. The minimum Gasteiger partial charge on any atom is -0.304 e. The molecule has 0 radical (unpaired) electrons. The standard InChI is InChI=1S/C19H18N4S/c1-13-5-4-8-18-21-16(11-23(13)18)12-24-19-15(10-20)9-14-6-2-3-7-17(14)22-19/h4-5,8-9,11H,2-3,6-7,12H2,1H3. The first-order chi connectivity index (χ1) is 11.7. The molecule has 3 heterocycles. The van der Waals surface area contributed by atoms with Gasteiger partial charge in [-0.3, -0.25) is 0 Å². The molecular formula is C19H18N4S. The Kier molecular flexibility index (Phi) is 3.99. The van der Waals surface area contributed by atoms with E-state index < -0.39 is 0 Å². The third-order valence-electron chi connectivity index (χ3n) is 4.49. The first kappa shape index (κ1) is 15.2. The number of rotatable bonds is 3. The van der Waals surface area contributed by atoms with Crippen molar-refractivity contribution in [3.63, 3.8) is 0 Å². The maximum absolute atomic E-state index is 9.44. The molecule has 0 unspecified atom stereocenters. The van der Waals surface area contributed by atoms with E-state index in [9.17, 15) is 5.26 Å². The Hall–Kier alpha value is -2.32. The van der Waals surface area contributed by atoms with Crippen molar-refractivity contribution < 1.29 is 0 Å². The third-order valence-corrected chi connectivity index (χ3v) is 5.51. The van der Waals surface area contributed by atoms with Crippen LogP contribution in [0.25, 0.3) is 5.65 Å². The van der Waals surface area contributed by atoms with Crippen LogP contribution in [0.4, 0.5) is 0 Å². The largest absolute Gasteiger partial charge is 0.304 e. The van der Waals surface area contributed by atoms with Crippen LogP contribution >= 0.6 is 11.8 Å². The second kappa shape index (κ2) is 6.29. The molecule has 3 aromatic rings. The fraction of sp³-hybridized carbons (Fsp3) is 0.316. The van der Waals surface area contributed by atoms with E-state index in [1.807, 2.05) is 18.2 Å². The van der Waals surface area contributed by atoms with Gasteiger partial charge in [-0.05, 0) is 56.4 Å². The molecule has 0 aromatic carbocycles. The zero-order valence-electron chi connectivity index (χ0n) is 13.6. The molecule has 1 aliphatic carbocycles. The van der Waals surface area contributed by atoms with Crippen molar-refractivity contribution in [3.05, 3.63) is 58.7 Å². The molecule has 0 saturated carbocycles. The van der Waals surface area contributed by atoms with Crippen molar-refractivity contribution >= 4 is 17.4 Å². The van der Waals surface area contributed by atoms with Crippen LogP contribution in [0.1, 0.15) is 41.1 Å². The minimum absolute atomic E-state index is 0.695. The van der Waals surface area contributed by atoms with E-state index in [0.717, 1.165) is 35.0 Å². The summed E-state index contributed by atoms with van der Waals surface area (Å²) in [4.78, 5) is 9.44. The van der Waals surface area contributed by atoms with Crippen LogP contribution in [-0.2, 0) is 18.6 Å². The summed E-state index contributed by atoms with van der Waals surface area (Å²) >= 11 is 1.61. The number of hydrogen-bond acceptors (Lipinski definition) is 4. The second-order valence-corrected chi connectivity index (χ2v) is 7.15. The van der Waals surface area contributed by atoms with Gasteiger partial charge in [0, 0.05) is 23.3 Å². The van der Waals surface area contributed by atoms with Gasteiger partial charge in [-0.15, -0.1) is 0 Å². The number of aromatic nitrogens is 3. The monoisotopic (exact) mass is 334 g/mol. The minimum atomic E-state index is 0.695. The van der Waals surface area contributed by atoms with Gasteiger partial charge in [0.15, 0.2) is 0 Å². The van der Waals surface area contributed by atoms with Crippen LogP contribution < -0.4 is 0 Å². The maximum Gasteiger partial charge on any atom is 0.137 e. The highest BCUT2D eigenvalue weighted by Gasteiger charge is 2.16. The Morgan fingerprint density at radius 3 is 2.96 bits per heavy atom. The zero-order valence-corrected chi connectivity index (χ0v) is 14.4. The normalized spacial score (nSPS) is 13.7. The molecule has 0 amide bonds. The highest BCUT2D eigenvalue weighted by Crippen LogP contribution is 2.29. The predicted molar refractivity (Wildman–Crippen MR) is 95.1 cm³/mol. The SMILES string of the molecule is Cc1cccc2nc(CSc3nc4c(cc3C#N)CCCC4)cn12. The molecule has 0 atom stereocenters. The average molecular weight is 334 g/mol. The van der Waals surface area contributed by atoms with Crippen LogP contribution in [0.2, 0.25) is 0 Å². The first-order valence-corrected chi connectivity index (χ1v) is 9.22. The number of nitrogens with zero attached hydrogens (tertiary/aromatic N) is 4. The molecule has 3 aromatic heterocycles. The number of nitriles is 1. The number of fused-ring (bicyclic) bond motifs is 2. The summed E-state index contributed by atoms with van der Waals surface area (Å²) in [7, 11) is 0. The van der Waals surface area contributed by atoms with Crippen molar-refractivity contribution in [3.8, 4) is 6.07 Å². The molecule has 1 aliphatic rings. The van der Waals surface area contributed by atoms with Crippen molar-refractivity contribution in [2.45, 2.75) is 43.4 Å². The van der Waals surface area contributed by atoms with Crippen LogP contribution in [-0.4, -0.2) is 14.4 Å². The van der Waals surface area contributed by atoms with Crippen molar-refractivity contribution in [1.29, 1.82) is 5.26 Å². The first-order valence-electron chi connectivity index (χ1n) is 8.24. The number of hydrogen-bond donors (Lipinski definition) is 0. The smallest absolute Gasteiger partial charge is 0.137 e. The fourth-order valence-electron chi connectivity index (χ4n) is 3.22. The lowest BCUT2D eigenvalue weighted by Gasteiger charge is -2.16. The summed E-state index contributed by atoms with van der Waals surface area (Å²) in [6, 6.07) is 10.5. The highest BCUT2D eigenvalue weighted by molar-refractivity contribution is 7.98. The van der Waals surface area contributed by atoms with E-state index in [-0.39, 0.29) is 0 Å². The van der Waals surface area contributed by atoms with E-state index in [4.69, 9.17) is 4.98 Å². The number of aryl methyl sites for hydroxylation is 3. The molecule has 120 valence electrons. The topological polar surface area (TPSA) is 54.0 Å². The molecule has 4 rings (SSSR count). The summed E-state index contributed by atoms with van der Waals surface area (Å²) in [6.45, 7) is 2.07. The third kappa shape index (κ3) is 2.78. The molecule has 0 saturated heterocycles. The van der Waals surface area contributed by atoms with Gasteiger partial charge in [0.05, 0.1) is 11.3 Å². The lowest BCUT2D eigenvalue weighted by Crippen LogP contribution is -2.07. The van der Waals surface area contributed by atoms with Crippen molar-refractivity contribution in [1.82, 2.24) is 14.4 Å². The van der Waals surface area contributed by atoms with Gasteiger partial charge < -0.3 is 4.40 Å². The van der Waals surface area contributed by atoms with E-state index in [2.05, 4.69) is 34.6 Å². The van der Waals surface area contributed by atoms with Gasteiger partial charge >= 0.3 is 0 Å². The number of pyridine rings is 2. The zero-order chi connectivity index (χ0) is 16.5. The van der Waals surface area contributed by atoms with Gasteiger partial charge in [-0.2, -0.15) is 5.26 Å². The predicted octanol–water partition coefficient (Wildman–Crippen LogP) is 4.08. The molecule has 0 fully saturated rings. The lowest BCUT2D eigenvalue weighted by atomic mass is 9.95. The fourth-order valence-corrected chi connectivity index (χ4v) is 4.07. The van der Waals surface area contributed by atoms with E-state index in [0.29, 0.717) is 5.56 Å². The molecule has 0 spiro atoms. The number of imidazole rings is 1. The Morgan fingerprint density at radius 2 is 2.12 bits per heavy atom. The molecular weight excluding hydrogens is 316 g/mol. The van der Waals surface area contributed by atoms with Crippen LogP contribution in [0.15, 0.2) is 35.5 Å². The van der Waals surface area contributed by atoms with Crippen LogP contribution in [0.5, 0.6) is 0 Å². The summed E-state index contributed by atoms with van der Waals surface area (Å²) in [5.74, 6) is 0.724. The Balaban J connectivity index is 1.60. The van der Waals surface area contributed by atoms with Gasteiger partial charge in [0.1, 0.15) is 16.7 Å².